The molecule has 0 bridgehead atoms. The van der Waals surface area contributed by atoms with E-state index in [0.717, 1.165) is 32.5 Å². The summed E-state index contributed by atoms with van der Waals surface area (Å²) >= 11 is 3.50. The maximum atomic E-state index is 12.1. The normalized spacial score (nSPS) is 12.3. The summed E-state index contributed by atoms with van der Waals surface area (Å²) in [6.07, 6.45) is 1.97. The van der Waals surface area contributed by atoms with Gasteiger partial charge in [0.1, 0.15) is 12.4 Å². The van der Waals surface area contributed by atoms with Gasteiger partial charge in [0.2, 0.25) is 0 Å². The number of rotatable bonds is 11. The third-order valence-electron chi connectivity index (χ3n) is 5.04. The van der Waals surface area contributed by atoms with Gasteiger partial charge in [-0.1, -0.05) is 70.5 Å². The Labute approximate surface area is 204 Å². The molecule has 3 rings (SSSR count). The van der Waals surface area contributed by atoms with Crippen molar-refractivity contribution in [3.63, 3.8) is 0 Å². The minimum Gasteiger partial charge on any atom is -0.490 e. The molecule has 0 fully saturated rings. The van der Waals surface area contributed by atoms with Gasteiger partial charge in [-0.05, 0) is 66.5 Å². The molecule has 3 aromatic carbocycles. The van der Waals surface area contributed by atoms with Crippen molar-refractivity contribution in [3.05, 3.63) is 106 Å². The molecule has 0 aliphatic heterocycles. The van der Waals surface area contributed by atoms with Crippen molar-refractivity contribution in [2.45, 2.75) is 26.4 Å². The zero-order valence-corrected chi connectivity index (χ0v) is 20.6. The Morgan fingerprint density at radius 1 is 0.879 bits per heavy atom. The highest BCUT2D eigenvalue weighted by atomic mass is 79.9. The van der Waals surface area contributed by atoms with Crippen molar-refractivity contribution < 1.29 is 19.0 Å². The lowest BCUT2D eigenvalue weighted by molar-refractivity contribution is -0.156. The second-order valence-electron chi connectivity index (χ2n) is 7.35. The molecule has 0 heterocycles. The first-order valence-corrected chi connectivity index (χ1v) is 11.9. The van der Waals surface area contributed by atoms with Crippen molar-refractivity contribution in [2.75, 3.05) is 19.8 Å². The summed E-state index contributed by atoms with van der Waals surface area (Å²) in [4.78, 5) is 12.1. The van der Waals surface area contributed by atoms with E-state index < -0.39 is 6.10 Å². The Balaban J connectivity index is 1.67. The van der Waals surface area contributed by atoms with Crippen LogP contribution in [-0.2, 0) is 20.7 Å². The van der Waals surface area contributed by atoms with E-state index in [0.29, 0.717) is 26.2 Å². The number of carbonyl (C=O) groups is 1. The molecule has 33 heavy (non-hydrogen) atoms. The van der Waals surface area contributed by atoms with Crippen LogP contribution in [0.25, 0.3) is 5.57 Å². The van der Waals surface area contributed by atoms with Crippen LogP contribution in [0.3, 0.4) is 0 Å². The maximum Gasteiger partial charge on any atom is 0.335 e. The lowest BCUT2D eigenvalue weighted by Gasteiger charge is -2.15. The second-order valence-corrected chi connectivity index (χ2v) is 8.26. The molecule has 0 aromatic heterocycles. The number of benzene rings is 3. The van der Waals surface area contributed by atoms with Gasteiger partial charge in [-0.15, -0.1) is 0 Å². The van der Waals surface area contributed by atoms with Crippen LogP contribution in [0.15, 0.2) is 89.4 Å². The van der Waals surface area contributed by atoms with Crippen LogP contribution in [0.2, 0.25) is 0 Å². The maximum absolute atomic E-state index is 12.1. The first-order chi connectivity index (χ1) is 16.1. The second kappa shape index (κ2) is 13.0. The first kappa shape index (κ1) is 24.7. The largest absolute Gasteiger partial charge is 0.490 e. The molecular formula is C28H29BrO4. The van der Waals surface area contributed by atoms with Crippen LogP contribution in [0, 0.1) is 0 Å². The fourth-order valence-electron chi connectivity index (χ4n) is 3.45. The molecule has 5 heteroatoms. The van der Waals surface area contributed by atoms with Gasteiger partial charge in [0, 0.05) is 17.5 Å². The number of ether oxygens (including phenoxy) is 3. The van der Waals surface area contributed by atoms with Crippen molar-refractivity contribution in [1.82, 2.24) is 0 Å². The molecular weight excluding hydrogens is 480 g/mol. The van der Waals surface area contributed by atoms with E-state index in [9.17, 15) is 4.79 Å². The average Bonchev–Trinajstić information content (AvgIpc) is 2.84. The zero-order chi connectivity index (χ0) is 23.5. The third kappa shape index (κ3) is 7.58. The van der Waals surface area contributed by atoms with E-state index >= 15 is 0 Å². The average molecular weight is 509 g/mol. The van der Waals surface area contributed by atoms with Gasteiger partial charge in [-0.2, -0.15) is 0 Å². The topological polar surface area (TPSA) is 44.8 Å². The molecule has 0 spiro atoms. The summed E-state index contributed by atoms with van der Waals surface area (Å²) in [5.74, 6) is 0.438. The molecule has 4 nitrogen and oxygen atoms in total. The fourth-order valence-corrected chi connectivity index (χ4v) is 3.72. The Morgan fingerprint density at radius 2 is 1.55 bits per heavy atom. The molecule has 0 saturated heterocycles. The number of carbonyl (C=O) groups excluding carboxylic acids is 1. The fraction of sp³-hybridized carbons (Fsp3) is 0.250. The van der Waals surface area contributed by atoms with Crippen LogP contribution in [-0.4, -0.2) is 31.9 Å². The number of hydrogen-bond donors (Lipinski definition) is 0. The molecule has 0 aliphatic carbocycles. The van der Waals surface area contributed by atoms with Crippen molar-refractivity contribution in [1.29, 1.82) is 0 Å². The SMILES string of the molecule is CCOC(=O)[C@H](Cc1ccc(OC/C=C(/c2ccccc2)c2ccc(Br)cc2)cc1)OCC. The van der Waals surface area contributed by atoms with E-state index in [1.807, 2.05) is 61.5 Å². The van der Waals surface area contributed by atoms with Crippen LogP contribution in [0.1, 0.15) is 30.5 Å². The standard InChI is InChI=1S/C28H29BrO4/c1-3-31-27(28(30)32-4-2)20-21-10-16-25(17-11-21)33-19-18-26(22-8-6-5-7-9-22)23-12-14-24(29)15-13-23/h5-18,27H,3-4,19-20H2,1-2H3/b26-18-/t27-/m0/s1. The van der Waals surface area contributed by atoms with Crippen molar-refractivity contribution >= 4 is 27.5 Å². The molecule has 0 unspecified atom stereocenters. The highest BCUT2D eigenvalue weighted by molar-refractivity contribution is 9.10. The van der Waals surface area contributed by atoms with Gasteiger partial charge < -0.3 is 14.2 Å². The lowest BCUT2D eigenvalue weighted by atomic mass is 9.98. The summed E-state index contributed by atoms with van der Waals surface area (Å²) in [5, 5.41) is 0. The van der Waals surface area contributed by atoms with E-state index in [2.05, 4.69) is 46.3 Å². The minimum absolute atomic E-state index is 0.328. The zero-order valence-electron chi connectivity index (χ0n) is 19.0. The van der Waals surface area contributed by atoms with E-state index in [-0.39, 0.29) is 5.97 Å². The molecule has 3 aromatic rings. The molecule has 0 radical (unpaired) electrons. The van der Waals surface area contributed by atoms with Gasteiger partial charge in [-0.25, -0.2) is 4.79 Å². The summed E-state index contributed by atoms with van der Waals surface area (Å²) in [6, 6.07) is 26.3. The predicted octanol–water partition coefficient (Wildman–Crippen LogP) is 6.47. The number of halogens is 1. The highest BCUT2D eigenvalue weighted by Gasteiger charge is 2.20. The Hall–Kier alpha value is -2.89. The van der Waals surface area contributed by atoms with E-state index in [1.165, 1.54) is 0 Å². The Morgan fingerprint density at radius 3 is 2.18 bits per heavy atom. The molecule has 1 atom stereocenters. The van der Waals surface area contributed by atoms with Gasteiger partial charge >= 0.3 is 5.97 Å². The highest BCUT2D eigenvalue weighted by Crippen LogP contribution is 2.25. The van der Waals surface area contributed by atoms with Gasteiger partial charge in [0.05, 0.1) is 6.61 Å². The molecule has 0 saturated carbocycles. The predicted molar refractivity (Wildman–Crippen MR) is 135 cm³/mol. The molecule has 0 N–H and O–H groups in total. The third-order valence-corrected chi connectivity index (χ3v) is 5.57. The number of hydrogen-bond acceptors (Lipinski definition) is 4. The summed E-state index contributed by atoms with van der Waals surface area (Å²) in [5.41, 5.74) is 4.38. The molecule has 0 amide bonds. The smallest absolute Gasteiger partial charge is 0.335 e. The van der Waals surface area contributed by atoms with E-state index in [1.54, 1.807) is 6.92 Å². The number of esters is 1. The van der Waals surface area contributed by atoms with Crippen molar-refractivity contribution in [3.8, 4) is 5.75 Å². The minimum atomic E-state index is -0.594. The Kier molecular flexibility index (Phi) is 9.73. The van der Waals surface area contributed by atoms with Crippen LogP contribution in [0.5, 0.6) is 5.75 Å². The van der Waals surface area contributed by atoms with Gasteiger partial charge in [-0.3, -0.25) is 0 Å². The molecule has 172 valence electrons. The van der Waals surface area contributed by atoms with Crippen LogP contribution < -0.4 is 4.74 Å². The van der Waals surface area contributed by atoms with Gasteiger partial charge in [0.15, 0.2) is 6.10 Å². The molecule has 0 aliphatic rings. The summed E-state index contributed by atoms with van der Waals surface area (Å²) < 4.78 is 17.7. The Bertz CT molecular complexity index is 1030. The summed E-state index contributed by atoms with van der Waals surface area (Å²) in [7, 11) is 0. The van der Waals surface area contributed by atoms with Crippen LogP contribution in [0.4, 0.5) is 0 Å². The van der Waals surface area contributed by atoms with E-state index in [4.69, 9.17) is 14.2 Å². The van der Waals surface area contributed by atoms with Gasteiger partial charge in [0.25, 0.3) is 0 Å². The van der Waals surface area contributed by atoms with Crippen LogP contribution >= 0.6 is 15.9 Å². The van der Waals surface area contributed by atoms with Crippen molar-refractivity contribution in [2.24, 2.45) is 0 Å². The monoisotopic (exact) mass is 508 g/mol. The quantitative estimate of drug-likeness (QED) is 0.278. The summed E-state index contributed by atoms with van der Waals surface area (Å²) in [6.45, 7) is 4.90. The lowest BCUT2D eigenvalue weighted by Crippen LogP contribution is -2.28. The first-order valence-electron chi connectivity index (χ1n) is 11.1.